The molecule has 38 heavy (non-hydrogen) atoms. The average molecular weight is 529 g/mol. The first-order valence-electron chi connectivity index (χ1n) is 12.7. The van der Waals surface area contributed by atoms with Crippen molar-refractivity contribution in [3.8, 4) is 17.2 Å². The highest BCUT2D eigenvalue weighted by molar-refractivity contribution is 5.99. The van der Waals surface area contributed by atoms with Crippen molar-refractivity contribution < 1.29 is 37.4 Å². The van der Waals surface area contributed by atoms with Gasteiger partial charge >= 0.3 is 12.6 Å². The normalized spacial score (nSPS) is 22.6. The molecule has 2 aromatic carbocycles. The molecule has 0 spiro atoms. The lowest BCUT2D eigenvalue weighted by Gasteiger charge is -2.21. The highest BCUT2D eigenvalue weighted by atomic mass is 19.3. The van der Waals surface area contributed by atoms with Crippen LogP contribution in [0.2, 0.25) is 0 Å². The van der Waals surface area contributed by atoms with E-state index < -0.39 is 18.6 Å². The molecule has 3 aliphatic rings. The molecule has 2 aromatic rings. The van der Waals surface area contributed by atoms with Crippen LogP contribution in [0.1, 0.15) is 66.6 Å². The molecule has 5 rings (SSSR count). The van der Waals surface area contributed by atoms with Crippen LogP contribution in [0.25, 0.3) is 0 Å². The maximum Gasteiger partial charge on any atom is 0.387 e. The van der Waals surface area contributed by atoms with E-state index in [4.69, 9.17) is 9.47 Å². The van der Waals surface area contributed by atoms with Gasteiger partial charge in [0.1, 0.15) is 11.8 Å². The molecule has 3 unspecified atom stereocenters. The highest BCUT2D eigenvalue weighted by Crippen LogP contribution is 2.40. The number of alkyl halides is 2. The van der Waals surface area contributed by atoms with Crippen molar-refractivity contribution in [1.82, 2.24) is 9.80 Å². The minimum atomic E-state index is -2.98. The summed E-state index contributed by atoms with van der Waals surface area (Å²) < 4.78 is 41.9. The molecule has 3 atom stereocenters. The molecule has 2 aliphatic heterocycles. The van der Waals surface area contributed by atoms with Gasteiger partial charge in [0.05, 0.1) is 12.6 Å². The largest absolute Gasteiger partial charge is 0.489 e. The topological polar surface area (TPSA) is 85.4 Å². The molecular weight excluding hydrogens is 498 g/mol. The van der Waals surface area contributed by atoms with E-state index in [1.54, 1.807) is 42.3 Å². The molecule has 0 bridgehead atoms. The van der Waals surface area contributed by atoms with Crippen molar-refractivity contribution in [1.29, 1.82) is 0 Å². The lowest BCUT2D eigenvalue weighted by molar-refractivity contribution is -0.145. The molecule has 2 amide bonds. The molecule has 0 N–H and O–H groups in total. The number of hydrogen-bond acceptors (Lipinski definition) is 6. The van der Waals surface area contributed by atoms with Gasteiger partial charge in [0.25, 0.3) is 5.91 Å². The van der Waals surface area contributed by atoms with Gasteiger partial charge in [-0.2, -0.15) is 8.78 Å². The summed E-state index contributed by atoms with van der Waals surface area (Å²) >= 11 is 0. The lowest BCUT2D eigenvalue weighted by Crippen LogP contribution is -2.41. The third kappa shape index (κ3) is 5.16. The van der Waals surface area contributed by atoms with Gasteiger partial charge in [0.15, 0.2) is 11.5 Å². The SMILES string of the molecule is CC(=O)N1CC(c2ccc(OC(F)F)c(OCC3CC3)c2)CC1C(=O)Oc1ccc2c(c1)C(C)N(C)C2=O. The zero-order valence-corrected chi connectivity index (χ0v) is 21.5. The predicted molar refractivity (Wildman–Crippen MR) is 132 cm³/mol. The molecule has 1 saturated heterocycles. The average Bonchev–Trinajstić information content (AvgIpc) is 3.56. The molecule has 1 aliphatic carbocycles. The Morgan fingerprint density at radius 3 is 2.55 bits per heavy atom. The first-order valence-corrected chi connectivity index (χ1v) is 12.7. The zero-order valence-electron chi connectivity index (χ0n) is 21.5. The second-order valence-corrected chi connectivity index (χ2v) is 10.2. The summed E-state index contributed by atoms with van der Waals surface area (Å²) in [6.45, 7) is 0.999. The monoisotopic (exact) mass is 528 g/mol. The second kappa shape index (κ2) is 10.2. The van der Waals surface area contributed by atoms with Crippen molar-refractivity contribution in [3.05, 3.63) is 53.1 Å². The Hall–Kier alpha value is -3.69. The summed E-state index contributed by atoms with van der Waals surface area (Å²) in [5.74, 6) is -0.261. The Morgan fingerprint density at radius 2 is 1.87 bits per heavy atom. The molecule has 10 heteroatoms. The maximum absolute atomic E-state index is 13.2. The van der Waals surface area contributed by atoms with E-state index in [1.807, 2.05) is 6.92 Å². The Labute approximate surface area is 219 Å². The van der Waals surface area contributed by atoms with Gasteiger partial charge in [-0.3, -0.25) is 9.59 Å². The summed E-state index contributed by atoms with van der Waals surface area (Å²) in [7, 11) is 1.72. The maximum atomic E-state index is 13.2. The van der Waals surface area contributed by atoms with Crippen LogP contribution in [-0.4, -0.2) is 60.4 Å². The number of fused-ring (bicyclic) bond motifs is 1. The van der Waals surface area contributed by atoms with Gasteiger partial charge in [-0.05, 0) is 73.6 Å². The fourth-order valence-electron chi connectivity index (χ4n) is 5.13. The summed E-state index contributed by atoms with van der Waals surface area (Å²) in [4.78, 5) is 41.1. The fraction of sp³-hybridized carbons (Fsp3) is 0.464. The number of esters is 1. The van der Waals surface area contributed by atoms with Gasteiger partial charge < -0.3 is 24.0 Å². The lowest BCUT2D eigenvalue weighted by atomic mass is 9.96. The van der Waals surface area contributed by atoms with Crippen LogP contribution in [0.4, 0.5) is 8.78 Å². The van der Waals surface area contributed by atoms with Gasteiger partial charge in [0.2, 0.25) is 5.91 Å². The minimum absolute atomic E-state index is 0.0447. The van der Waals surface area contributed by atoms with Crippen molar-refractivity contribution in [3.63, 3.8) is 0 Å². The first kappa shape index (κ1) is 25.9. The van der Waals surface area contributed by atoms with E-state index >= 15 is 0 Å². The van der Waals surface area contributed by atoms with E-state index in [0.29, 0.717) is 30.3 Å². The van der Waals surface area contributed by atoms with Crippen LogP contribution in [-0.2, 0) is 9.59 Å². The van der Waals surface area contributed by atoms with Gasteiger partial charge in [-0.15, -0.1) is 0 Å². The fourth-order valence-corrected chi connectivity index (χ4v) is 5.13. The number of halogens is 2. The molecule has 2 fully saturated rings. The predicted octanol–water partition coefficient (Wildman–Crippen LogP) is 4.53. The summed E-state index contributed by atoms with van der Waals surface area (Å²) in [6, 6.07) is 8.71. The number of amides is 2. The van der Waals surface area contributed by atoms with Crippen LogP contribution in [0.5, 0.6) is 17.2 Å². The molecular formula is C28H30F2N2O6. The summed E-state index contributed by atoms with van der Waals surface area (Å²) in [5.41, 5.74) is 2.11. The Morgan fingerprint density at radius 1 is 1.11 bits per heavy atom. The Bertz CT molecular complexity index is 1260. The zero-order chi connectivity index (χ0) is 27.1. The molecule has 8 nitrogen and oxygen atoms in total. The Kier molecular flexibility index (Phi) is 6.98. The molecule has 1 saturated carbocycles. The van der Waals surface area contributed by atoms with Gasteiger partial charge in [-0.25, -0.2) is 4.79 Å². The number of benzene rings is 2. The first-order chi connectivity index (χ1) is 18.1. The van der Waals surface area contributed by atoms with E-state index in [0.717, 1.165) is 24.0 Å². The van der Waals surface area contributed by atoms with E-state index in [9.17, 15) is 23.2 Å². The van der Waals surface area contributed by atoms with Gasteiger partial charge in [0, 0.05) is 32.0 Å². The van der Waals surface area contributed by atoms with Crippen molar-refractivity contribution in [2.45, 2.75) is 57.7 Å². The second-order valence-electron chi connectivity index (χ2n) is 10.2. The number of ether oxygens (including phenoxy) is 3. The quantitative estimate of drug-likeness (QED) is 0.370. The number of carbonyl (C=O) groups excluding carboxylic acids is 3. The van der Waals surface area contributed by atoms with Crippen LogP contribution < -0.4 is 14.2 Å². The van der Waals surface area contributed by atoms with Crippen LogP contribution in [0, 0.1) is 5.92 Å². The van der Waals surface area contributed by atoms with Crippen LogP contribution in [0.3, 0.4) is 0 Å². The third-order valence-corrected chi connectivity index (χ3v) is 7.63. The smallest absolute Gasteiger partial charge is 0.387 e. The molecule has 0 aromatic heterocycles. The Balaban J connectivity index is 1.33. The third-order valence-electron chi connectivity index (χ3n) is 7.63. The van der Waals surface area contributed by atoms with E-state index in [-0.39, 0.29) is 41.8 Å². The standard InChI is InChI=1S/C28H30F2N2O6/c1-15-22-12-20(7-8-21(22)26(34)31(15)3)37-27(35)23-10-19(13-32(23)16(2)33)18-6-9-24(38-28(29)30)25(11-18)36-14-17-4-5-17/h6-9,11-12,15,17,19,23,28H,4-5,10,13-14H2,1-3H3. The highest BCUT2D eigenvalue weighted by Gasteiger charge is 2.41. The van der Waals surface area contributed by atoms with Crippen LogP contribution >= 0.6 is 0 Å². The number of nitrogens with zero attached hydrogens (tertiary/aromatic N) is 2. The number of hydrogen-bond donors (Lipinski definition) is 0. The number of rotatable bonds is 8. The van der Waals surface area contributed by atoms with Crippen molar-refractivity contribution in [2.24, 2.45) is 5.92 Å². The van der Waals surface area contributed by atoms with Crippen molar-refractivity contribution >= 4 is 17.8 Å². The summed E-state index contributed by atoms with van der Waals surface area (Å²) in [5, 5.41) is 0. The van der Waals surface area contributed by atoms with E-state index in [2.05, 4.69) is 4.74 Å². The molecule has 2 heterocycles. The van der Waals surface area contributed by atoms with Crippen LogP contribution in [0.15, 0.2) is 36.4 Å². The summed E-state index contributed by atoms with van der Waals surface area (Å²) in [6.07, 6.45) is 2.39. The number of likely N-dealkylation sites (tertiary alicyclic amines) is 1. The minimum Gasteiger partial charge on any atom is -0.489 e. The number of carbonyl (C=O) groups is 3. The molecule has 0 radical (unpaired) electrons. The van der Waals surface area contributed by atoms with E-state index in [1.165, 1.54) is 17.9 Å². The molecule has 202 valence electrons. The van der Waals surface area contributed by atoms with Crippen molar-refractivity contribution in [2.75, 3.05) is 20.2 Å². The van der Waals surface area contributed by atoms with Gasteiger partial charge in [-0.1, -0.05) is 6.07 Å².